The van der Waals surface area contributed by atoms with Gasteiger partial charge in [0.05, 0.1) is 11.4 Å². The van der Waals surface area contributed by atoms with Crippen LogP contribution in [0.4, 0.5) is 10.1 Å². The monoisotopic (exact) mass is 238 g/mol. The van der Waals surface area contributed by atoms with Crippen molar-refractivity contribution in [1.82, 2.24) is 5.16 Å². The molecule has 5 heteroatoms. The first-order chi connectivity index (χ1) is 7.65. The summed E-state index contributed by atoms with van der Waals surface area (Å²) in [6.45, 7) is 1.86. The third-order valence-corrected chi connectivity index (χ3v) is 3.12. The number of halogens is 1. The van der Waals surface area contributed by atoms with E-state index in [1.54, 1.807) is 6.07 Å². The van der Waals surface area contributed by atoms with E-state index in [1.807, 2.05) is 13.0 Å². The van der Waals surface area contributed by atoms with Gasteiger partial charge in [0.25, 0.3) is 0 Å². The number of thioether (sulfide) groups is 1. The number of nitrogen functional groups attached to an aromatic ring is 1. The Balaban J connectivity index is 2.07. The molecule has 0 aliphatic heterocycles. The number of anilines is 1. The largest absolute Gasteiger partial charge is 0.398 e. The molecule has 0 fully saturated rings. The van der Waals surface area contributed by atoms with Crippen LogP contribution in [0, 0.1) is 12.7 Å². The van der Waals surface area contributed by atoms with Crippen molar-refractivity contribution in [3.8, 4) is 0 Å². The molecule has 1 aromatic carbocycles. The minimum absolute atomic E-state index is 0.287. The van der Waals surface area contributed by atoms with E-state index in [-0.39, 0.29) is 5.82 Å². The van der Waals surface area contributed by atoms with Gasteiger partial charge in [-0.15, -0.1) is 11.8 Å². The summed E-state index contributed by atoms with van der Waals surface area (Å²) in [4.78, 5) is 0.717. The zero-order valence-electron chi connectivity index (χ0n) is 8.74. The highest BCUT2D eigenvalue weighted by Gasteiger charge is 2.05. The number of nitrogens with two attached hydrogens (primary N) is 1. The maximum absolute atomic E-state index is 13.0. The van der Waals surface area contributed by atoms with E-state index >= 15 is 0 Å². The maximum atomic E-state index is 13.0. The lowest BCUT2D eigenvalue weighted by Crippen LogP contribution is -1.89. The summed E-state index contributed by atoms with van der Waals surface area (Å²) in [5.74, 6) is 1.06. The van der Waals surface area contributed by atoms with Crippen molar-refractivity contribution < 1.29 is 8.91 Å². The zero-order valence-corrected chi connectivity index (χ0v) is 9.55. The van der Waals surface area contributed by atoms with Gasteiger partial charge >= 0.3 is 0 Å². The zero-order chi connectivity index (χ0) is 11.5. The van der Waals surface area contributed by atoms with Crippen LogP contribution in [0.3, 0.4) is 0 Å². The highest BCUT2D eigenvalue weighted by molar-refractivity contribution is 7.98. The molecular formula is C11H11FN2OS. The van der Waals surface area contributed by atoms with Crippen LogP contribution in [0.5, 0.6) is 0 Å². The number of rotatable bonds is 3. The van der Waals surface area contributed by atoms with Crippen LogP contribution in [-0.4, -0.2) is 5.16 Å². The van der Waals surface area contributed by atoms with E-state index in [2.05, 4.69) is 5.16 Å². The predicted octanol–water partition coefficient (Wildman–Crippen LogP) is 3.00. The highest BCUT2D eigenvalue weighted by atomic mass is 32.2. The first-order valence-corrected chi connectivity index (χ1v) is 5.74. The normalized spacial score (nSPS) is 10.6. The maximum Gasteiger partial charge on any atom is 0.147 e. The van der Waals surface area contributed by atoms with Crippen molar-refractivity contribution in [2.45, 2.75) is 17.6 Å². The van der Waals surface area contributed by atoms with Gasteiger partial charge in [0.15, 0.2) is 0 Å². The average Bonchev–Trinajstić information content (AvgIpc) is 2.66. The first-order valence-electron chi connectivity index (χ1n) is 4.75. The van der Waals surface area contributed by atoms with Crippen LogP contribution < -0.4 is 5.73 Å². The van der Waals surface area contributed by atoms with Crippen molar-refractivity contribution in [3.63, 3.8) is 0 Å². The molecule has 0 unspecified atom stereocenters. The van der Waals surface area contributed by atoms with Crippen molar-refractivity contribution in [2.75, 3.05) is 5.73 Å². The molecule has 0 saturated carbocycles. The number of aromatic nitrogens is 1. The molecule has 16 heavy (non-hydrogen) atoms. The summed E-state index contributed by atoms with van der Waals surface area (Å²) >= 11 is 1.43. The molecule has 0 aliphatic rings. The number of hydrogen-bond donors (Lipinski definition) is 1. The van der Waals surface area contributed by atoms with E-state index in [0.717, 1.165) is 11.5 Å². The quantitative estimate of drug-likeness (QED) is 0.659. The second-order valence-corrected chi connectivity index (χ2v) is 4.42. The SMILES string of the molecule is Cc1cc(CSc2cc(F)ccc2N)on1. The molecule has 2 aromatic rings. The summed E-state index contributed by atoms with van der Waals surface area (Å²) in [6.07, 6.45) is 0. The fourth-order valence-electron chi connectivity index (χ4n) is 1.27. The third kappa shape index (κ3) is 2.55. The molecule has 0 radical (unpaired) electrons. The lowest BCUT2D eigenvalue weighted by Gasteiger charge is -2.03. The van der Waals surface area contributed by atoms with Gasteiger partial charge in [-0.25, -0.2) is 4.39 Å². The summed E-state index contributed by atoms with van der Waals surface area (Å²) in [6, 6.07) is 6.17. The molecule has 0 bridgehead atoms. The Labute approximate surface area is 96.8 Å². The van der Waals surface area contributed by atoms with E-state index in [4.69, 9.17) is 10.3 Å². The lowest BCUT2D eigenvalue weighted by atomic mass is 10.3. The molecule has 1 aromatic heterocycles. The second kappa shape index (κ2) is 4.57. The van der Waals surface area contributed by atoms with Gasteiger partial charge in [0.1, 0.15) is 11.6 Å². The minimum atomic E-state index is -0.287. The molecular weight excluding hydrogens is 227 g/mol. The van der Waals surface area contributed by atoms with Crippen molar-refractivity contribution in [3.05, 3.63) is 41.5 Å². The molecule has 0 saturated heterocycles. The van der Waals surface area contributed by atoms with Crippen molar-refractivity contribution in [1.29, 1.82) is 0 Å². The number of nitrogens with zero attached hydrogens (tertiary/aromatic N) is 1. The third-order valence-electron chi connectivity index (χ3n) is 2.02. The van der Waals surface area contributed by atoms with Crippen molar-refractivity contribution in [2.24, 2.45) is 0 Å². The van der Waals surface area contributed by atoms with Gasteiger partial charge in [-0.05, 0) is 25.1 Å². The molecule has 84 valence electrons. The van der Waals surface area contributed by atoms with Crippen LogP contribution in [0.25, 0.3) is 0 Å². The number of benzene rings is 1. The Hall–Kier alpha value is -1.49. The summed E-state index contributed by atoms with van der Waals surface area (Å²) < 4.78 is 18.0. The van der Waals surface area contributed by atoms with E-state index in [9.17, 15) is 4.39 Å². The minimum Gasteiger partial charge on any atom is -0.398 e. The van der Waals surface area contributed by atoms with Gasteiger partial charge in [-0.1, -0.05) is 5.16 Å². The Bertz CT molecular complexity index is 498. The molecule has 0 atom stereocenters. The second-order valence-electron chi connectivity index (χ2n) is 3.41. The van der Waals surface area contributed by atoms with Gasteiger partial charge in [-0.3, -0.25) is 0 Å². The lowest BCUT2D eigenvalue weighted by molar-refractivity contribution is 0.391. The Kier molecular flexibility index (Phi) is 3.14. The number of hydrogen-bond acceptors (Lipinski definition) is 4. The molecule has 2 rings (SSSR count). The topological polar surface area (TPSA) is 52.0 Å². The molecule has 1 heterocycles. The van der Waals surface area contributed by atoms with Gasteiger partial charge in [0.2, 0.25) is 0 Å². The van der Waals surface area contributed by atoms with E-state index < -0.39 is 0 Å². The predicted molar refractivity (Wildman–Crippen MR) is 61.6 cm³/mol. The molecule has 3 nitrogen and oxygen atoms in total. The van der Waals surface area contributed by atoms with Crippen LogP contribution in [0.1, 0.15) is 11.5 Å². The fourth-order valence-corrected chi connectivity index (χ4v) is 2.13. The van der Waals surface area contributed by atoms with Gasteiger partial charge < -0.3 is 10.3 Å². The molecule has 0 aliphatic carbocycles. The highest BCUT2D eigenvalue weighted by Crippen LogP contribution is 2.28. The number of aryl methyl sites for hydroxylation is 1. The van der Waals surface area contributed by atoms with E-state index in [1.165, 1.54) is 23.9 Å². The summed E-state index contributed by atoms with van der Waals surface area (Å²) in [7, 11) is 0. The van der Waals surface area contributed by atoms with Crippen LogP contribution in [-0.2, 0) is 5.75 Å². The molecule has 2 N–H and O–H groups in total. The van der Waals surface area contributed by atoms with E-state index in [0.29, 0.717) is 16.3 Å². The average molecular weight is 238 g/mol. The first kappa shape index (κ1) is 11.0. The van der Waals surface area contributed by atoms with Crippen molar-refractivity contribution >= 4 is 17.4 Å². The van der Waals surface area contributed by atoms with Crippen LogP contribution in [0.15, 0.2) is 33.7 Å². The summed E-state index contributed by atoms with van der Waals surface area (Å²) in [5.41, 5.74) is 7.13. The summed E-state index contributed by atoms with van der Waals surface area (Å²) in [5, 5.41) is 3.78. The molecule has 0 amide bonds. The Morgan fingerprint density at radius 1 is 1.44 bits per heavy atom. The van der Waals surface area contributed by atoms with Gasteiger partial charge in [0, 0.05) is 16.6 Å². The Morgan fingerprint density at radius 3 is 2.94 bits per heavy atom. The molecule has 0 spiro atoms. The Morgan fingerprint density at radius 2 is 2.25 bits per heavy atom. The van der Waals surface area contributed by atoms with Crippen LogP contribution in [0.2, 0.25) is 0 Å². The standard InChI is InChI=1S/C11H11FN2OS/c1-7-4-9(15-14-7)6-16-11-5-8(12)2-3-10(11)13/h2-5H,6,13H2,1H3. The van der Waals surface area contributed by atoms with Gasteiger partial charge in [-0.2, -0.15) is 0 Å². The van der Waals surface area contributed by atoms with Crippen LogP contribution >= 0.6 is 11.8 Å². The smallest absolute Gasteiger partial charge is 0.147 e. The fraction of sp³-hybridized carbons (Fsp3) is 0.182.